The number of hydrogen-bond acceptors (Lipinski definition) is 4. The van der Waals surface area contributed by atoms with Crippen LogP contribution in [-0.2, 0) is 6.42 Å². The van der Waals surface area contributed by atoms with Crippen molar-refractivity contribution in [3.05, 3.63) is 11.9 Å². The standard InChI is InChI=1S/C14H23N3O/c1-3-7-12-16-13(10-14(17-12)18-2)15-11-8-5-4-6-9-11/h10-11H,3-9H2,1-2H3,(H,15,16,17). The van der Waals surface area contributed by atoms with Crippen LogP contribution in [0.15, 0.2) is 6.07 Å². The highest BCUT2D eigenvalue weighted by atomic mass is 16.5. The molecule has 0 unspecified atom stereocenters. The number of methoxy groups -OCH3 is 1. The number of hydrogen-bond donors (Lipinski definition) is 1. The van der Waals surface area contributed by atoms with Gasteiger partial charge in [-0.15, -0.1) is 0 Å². The predicted molar refractivity (Wildman–Crippen MR) is 73.1 cm³/mol. The fourth-order valence-electron chi connectivity index (χ4n) is 2.44. The van der Waals surface area contributed by atoms with Crippen LogP contribution >= 0.6 is 0 Å². The Morgan fingerprint density at radius 1 is 1.28 bits per heavy atom. The van der Waals surface area contributed by atoms with Crippen molar-refractivity contribution in [2.75, 3.05) is 12.4 Å². The van der Waals surface area contributed by atoms with E-state index in [1.807, 2.05) is 6.07 Å². The molecule has 0 bridgehead atoms. The third kappa shape index (κ3) is 3.59. The van der Waals surface area contributed by atoms with Crippen LogP contribution in [-0.4, -0.2) is 23.1 Å². The molecule has 0 spiro atoms. The average molecular weight is 249 g/mol. The van der Waals surface area contributed by atoms with Crippen LogP contribution < -0.4 is 10.1 Å². The monoisotopic (exact) mass is 249 g/mol. The summed E-state index contributed by atoms with van der Waals surface area (Å²) in [6.45, 7) is 2.14. The number of ether oxygens (including phenoxy) is 1. The van der Waals surface area contributed by atoms with E-state index < -0.39 is 0 Å². The van der Waals surface area contributed by atoms with Crippen molar-refractivity contribution in [3.8, 4) is 5.88 Å². The lowest BCUT2D eigenvalue weighted by molar-refractivity contribution is 0.394. The van der Waals surface area contributed by atoms with Gasteiger partial charge in [0.1, 0.15) is 11.6 Å². The molecule has 4 nitrogen and oxygen atoms in total. The quantitative estimate of drug-likeness (QED) is 0.870. The van der Waals surface area contributed by atoms with E-state index in [0.29, 0.717) is 11.9 Å². The van der Waals surface area contributed by atoms with Crippen molar-refractivity contribution in [3.63, 3.8) is 0 Å². The fourth-order valence-corrected chi connectivity index (χ4v) is 2.44. The van der Waals surface area contributed by atoms with Gasteiger partial charge >= 0.3 is 0 Å². The van der Waals surface area contributed by atoms with Gasteiger partial charge in [-0.25, -0.2) is 4.98 Å². The first-order chi connectivity index (χ1) is 8.81. The Hall–Kier alpha value is -1.32. The summed E-state index contributed by atoms with van der Waals surface area (Å²) in [4.78, 5) is 8.92. The summed E-state index contributed by atoms with van der Waals surface area (Å²) >= 11 is 0. The molecule has 0 aliphatic heterocycles. The molecule has 4 heteroatoms. The van der Waals surface area contributed by atoms with Gasteiger partial charge < -0.3 is 10.1 Å². The number of aryl methyl sites for hydroxylation is 1. The maximum atomic E-state index is 5.24. The third-order valence-corrected chi connectivity index (χ3v) is 3.39. The molecule has 0 radical (unpaired) electrons. The van der Waals surface area contributed by atoms with E-state index in [-0.39, 0.29) is 0 Å². The Morgan fingerprint density at radius 3 is 2.72 bits per heavy atom. The van der Waals surface area contributed by atoms with Gasteiger partial charge in [-0.2, -0.15) is 4.98 Å². The van der Waals surface area contributed by atoms with Gasteiger partial charge in [-0.3, -0.25) is 0 Å². The van der Waals surface area contributed by atoms with E-state index in [2.05, 4.69) is 22.2 Å². The van der Waals surface area contributed by atoms with Gasteiger partial charge in [0, 0.05) is 18.5 Å². The van der Waals surface area contributed by atoms with Crippen molar-refractivity contribution in [2.45, 2.75) is 57.9 Å². The van der Waals surface area contributed by atoms with Gasteiger partial charge in [0.2, 0.25) is 5.88 Å². The van der Waals surface area contributed by atoms with E-state index >= 15 is 0 Å². The van der Waals surface area contributed by atoms with E-state index in [0.717, 1.165) is 24.5 Å². The topological polar surface area (TPSA) is 47.0 Å². The molecule has 1 heterocycles. The summed E-state index contributed by atoms with van der Waals surface area (Å²) in [5, 5.41) is 3.52. The van der Waals surface area contributed by atoms with Gasteiger partial charge in [-0.05, 0) is 19.3 Å². The second-order valence-corrected chi connectivity index (χ2v) is 4.94. The van der Waals surface area contributed by atoms with E-state index in [9.17, 15) is 0 Å². The molecule has 100 valence electrons. The van der Waals surface area contributed by atoms with Crippen LogP contribution in [0.4, 0.5) is 5.82 Å². The second kappa shape index (κ2) is 6.57. The minimum Gasteiger partial charge on any atom is -0.481 e. The Kier molecular flexibility index (Phi) is 4.79. The number of nitrogens with one attached hydrogen (secondary N) is 1. The van der Waals surface area contributed by atoms with Crippen LogP contribution in [0.25, 0.3) is 0 Å². The van der Waals surface area contributed by atoms with E-state index in [4.69, 9.17) is 4.74 Å². The lowest BCUT2D eigenvalue weighted by Gasteiger charge is -2.23. The number of rotatable bonds is 5. The minimum absolute atomic E-state index is 0.563. The first-order valence-corrected chi connectivity index (χ1v) is 7.00. The van der Waals surface area contributed by atoms with Crippen LogP contribution in [0.1, 0.15) is 51.3 Å². The zero-order chi connectivity index (χ0) is 12.8. The Morgan fingerprint density at radius 2 is 2.06 bits per heavy atom. The largest absolute Gasteiger partial charge is 0.481 e. The lowest BCUT2D eigenvalue weighted by atomic mass is 9.95. The Bertz CT molecular complexity index is 375. The molecule has 1 saturated carbocycles. The van der Waals surface area contributed by atoms with Gasteiger partial charge in [0.15, 0.2) is 0 Å². The summed E-state index contributed by atoms with van der Waals surface area (Å²) in [6.07, 6.45) is 8.45. The Labute approximate surface area is 109 Å². The van der Waals surface area contributed by atoms with Crippen LogP contribution in [0.2, 0.25) is 0 Å². The van der Waals surface area contributed by atoms with E-state index in [1.165, 1.54) is 32.1 Å². The fraction of sp³-hybridized carbons (Fsp3) is 0.714. The minimum atomic E-state index is 0.563. The van der Waals surface area contributed by atoms with Crippen molar-refractivity contribution >= 4 is 5.82 Å². The van der Waals surface area contributed by atoms with Crippen molar-refractivity contribution in [1.82, 2.24) is 9.97 Å². The molecule has 1 aliphatic rings. The molecule has 0 saturated heterocycles. The summed E-state index contributed by atoms with van der Waals surface area (Å²) in [6, 6.07) is 2.46. The molecule has 1 aromatic heterocycles. The molecular weight excluding hydrogens is 226 g/mol. The highest BCUT2D eigenvalue weighted by Crippen LogP contribution is 2.22. The average Bonchev–Trinajstić information content (AvgIpc) is 2.40. The molecular formula is C14H23N3O. The highest BCUT2D eigenvalue weighted by Gasteiger charge is 2.14. The van der Waals surface area contributed by atoms with Crippen LogP contribution in [0.3, 0.4) is 0 Å². The van der Waals surface area contributed by atoms with Crippen LogP contribution in [0.5, 0.6) is 5.88 Å². The molecule has 0 amide bonds. The van der Waals surface area contributed by atoms with Gasteiger partial charge in [0.25, 0.3) is 0 Å². The normalized spacial score (nSPS) is 16.6. The molecule has 1 fully saturated rings. The number of aromatic nitrogens is 2. The number of nitrogens with zero attached hydrogens (tertiary/aromatic N) is 2. The summed E-state index contributed by atoms with van der Waals surface area (Å²) in [7, 11) is 1.66. The Balaban J connectivity index is 2.07. The lowest BCUT2D eigenvalue weighted by Crippen LogP contribution is -2.23. The highest BCUT2D eigenvalue weighted by molar-refractivity contribution is 5.39. The van der Waals surface area contributed by atoms with Crippen molar-refractivity contribution in [2.24, 2.45) is 0 Å². The SMILES string of the molecule is CCCc1nc(NC2CCCCC2)cc(OC)n1. The molecule has 2 rings (SSSR count). The van der Waals surface area contributed by atoms with Crippen molar-refractivity contribution < 1.29 is 4.74 Å². The molecule has 18 heavy (non-hydrogen) atoms. The van der Waals surface area contributed by atoms with Crippen molar-refractivity contribution in [1.29, 1.82) is 0 Å². The zero-order valence-corrected chi connectivity index (χ0v) is 11.4. The predicted octanol–water partition coefficient (Wildman–Crippen LogP) is 3.18. The zero-order valence-electron chi connectivity index (χ0n) is 11.4. The first-order valence-electron chi connectivity index (χ1n) is 7.00. The smallest absolute Gasteiger partial charge is 0.218 e. The molecule has 1 N–H and O–H groups in total. The maximum absolute atomic E-state index is 5.24. The maximum Gasteiger partial charge on any atom is 0.218 e. The van der Waals surface area contributed by atoms with Gasteiger partial charge in [0.05, 0.1) is 7.11 Å². The summed E-state index contributed by atoms with van der Waals surface area (Å²) < 4.78 is 5.24. The molecule has 1 aromatic rings. The summed E-state index contributed by atoms with van der Waals surface area (Å²) in [5.41, 5.74) is 0. The molecule has 0 atom stereocenters. The molecule has 1 aliphatic carbocycles. The van der Waals surface area contributed by atoms with Crippen LogP contribution in [0, 0.1) is 0 Å². The first kappa shape index (κ1) is 13.1. The van der Waals surface area contributed by atoms with Gasteiger partial charge in [-0.1, -0.05) is 26.2 Å². The second-order valence-electron chi connectivity index (χ2n) is 4.94. The number of anilines is 1. The third-order valence-electron chi connectivity index (χ3n) is 3.39. The molecule has 0 aromatic carbocycles. The van der Waals surface area contributed by atoms with E-state index in [1.54, 1.807) is 7.11 Å². The summed E-state index contributed by atoms with van der Waals surface area (Å²) in [5.74, 6) is 2.44.